The summed E-state index contributed by atoms with van der Waals surface area (Å²) in [5.74, 6) is -0.280. The number of aromatic nitrogens is 2. The molecule has 1 amide bonds. The van der Waals surface area contributed by atoms with Crippen LogP contribution in [0.3, 0.4) is 0 Å². The third-order valence-corrected chi connectivity index (χ3v) is 2.70. The molecule has 1 rings (SSSR count). The van der Waals surface area contributed by atoms with Gasteiger partial charge in [-0.1, -0.05) is 13.8 Å². The summed E-state index contributed by atoms with van der Waals surface area (Å²) in [5.41, 5.74) is 4.00. The van der Waals surface area contributed by atoms with Gasteiger partial charge in [-0.2, -0.15) is 0 Å². The lowest BCUT2D eigenvalue weighted by atomic mass is 10.2. The number of nitrogens with two attached hydrogens (primary N) is 1. The molecule has 0 aliphatic heterocycles. The van der Waals surface area contributed by atoms with Crippen LogP contribution in [0.5, 0.6) is 0 Å². The minimum atomic E-state index is -0.645. The second kappa shape index (κ2) is 6.04. The molecule has 0 unspecified atom stereocenters. The van der Waals surface area contributed by atoms with E-state index < -0.39 is 11.2 Å². The highest BCUT2D eigenvalue weighted by Crippen LogP contribution is 1.96. The van der Waals surface area contributed by atoms with Gasteiger partial charge in [0.15, 0.2) is 0 Å². The predicted octanol–water partition coefficient (Wildman–Crippen LogP) is -0.576. The maximum absolute atomic E-state index is 11.7. The zero-order valence-corrected chi connectivity index (χ0v) is 10.5. The molecule has 0 bridgehead atoms. The standard InChI is InChI=1S/C11H18N4O3/c1-3-7(4-2)13-9(16)6-15-5-8(12)10(17)14-11(15)18/h5,7H,3-4,6,12H2,1-2H3,(H,13,16)(H,14,17,18). The van der Waals surface area contributed by atoms with Crippen molar-refractivity contribution in [3.8, 4) is 0 Å². The van der Waals surface area contributed by atoms with Gasteiger partial charge >= 0.3 is 5.69 Å². The number of anilines is 1. The molecule has 7 heteroatoms. The molecular formula is C11H18N4O3. The fourth-order valence-corrected chi connectivity index (χ4v) is 1.56. The molecule has 18 heavy (non-hydrogen) atoms. The number of amides is 1. The van der Waals surface area contributed by atoms with Crippen LogP contribution < -0.4 is 22.3 Å². The fourth-order valence-electron chi connectivity index (χ4n) is 1.56. The van der Waals surface area contributed by atoms with E-state index in [0.717, 1.165) is 17.4 Å². The van der Waals surface area contributed by atoms with Gasteiger partial charge in [-0.05, 0) is 12.8 Å². The summed E-state index contributed by atoms with van der Waals surface area (Å²) in [7, 11) is 0. The molecule has 0 spiro atoms. The monoisotopic (exact) mass is 254 g/mol. The zero-order chi connectivity index (χ0) is 13.7. The normalized spacial score (nSPS) is 10.6. The van der Waals surface area contributed by atoms with Gasteiger partial charge in [0.2, 0.25) is 5.91 Å². The van der Waals surface area contributed by atoms with Crippen molar-refractivity contribution in [2.75, 3.05) is 5.73 Å². The molecule has 1 heterocycles. The molecule has 1 aromatic rings. The summed E-state index contributed by atoms with van der Waals surface area (Å²) in [4.78, 5) is 36.2. The maximum atomic E-state index is 11.7. The Morgan fingerprint density at radius 1 is 1.44 bits per heavy atom. The zero-order valence-electron chi connectivity index (χ0n) is 10.5. The van der Waals surface area contributed by atoms with E-state index in [1.54, 1.807) is 0 Å². The van der Waals surface area contributed by atoms with Crippen molar-refractivity contribution in [1.82, 2.24) is 14.9 Å². The molecule has 0 saturated carbocycles. The Balaban J connectivity index is 2.79. The summed E-state index contributed by atoms with van der Waals surface area (Å²) in [6.45, 7) is 3.79. The number of aromatic amines is 1. The van der Waals surface area contributed by atoms with E-state index in [-0.39, 0.29) is 24.2 Å². The van der Waals surface area contributed by atoms with Gasteiger partial charge in [0.25, 0.3) is 5.56 Å². The minimum absolute atomic E-state index is 0.0910. The lowest BCUT2D eigenvalue weighted by Gasteiger charge is -2.15. The average molecular weight is 254 g/mol. The third kappa shape index (κ3) is 3.47. The van der Waals surface area contributed by atoms with Crippen LogP contribution in [0.25, 0.3) is 0 Å². The van der Waals surface area contributed by atoms with E-state index in [1.807, 2.05) is 18.8 Å². The first kappa shape index (κ1) is 14.0. The smallest absolute Gasteiger partial charge is 0.328 e. The lowest BCUT2D eigenvalue weighted by Crippen LogP contribution is -2.40. The second-order valence-corrected chi connectivity index (χ2v) is 4.05. The summed E-state index contributed by atoms with van der Waals surface area (Å²) < 4.78 is 1.08. The van der Waals surface area contributed by atoms with E-state index in [9.17, 15) is 14.4 Å². The van der Waals surface area contributed by atoms with Gasteiger partial charge in [-0.25, -0.2) is 4.79 Å². The highest BCUT2D eigenvalue weighted by Gasteiger charge is 2.10. The Labute approximate surface area is 104 Å². The number of nitrogens with zero attached hydrogens (tertiary/aromatic N) is 1. The van der Waals surface area contributed by atoms with Crippen LogP contribution in [-0.4, -0.2) is 21.5 Å². The summed E-state index contributed by atoms with van der Waals surface area (Å²) >= 11 is 0. The Bertz CT molecular complexity index is 528. The Hall–Kier alpha value is -2.05. The van der Waals surface area contributed by atoms with E-state index >= 15 is 0 Å². The third-order valence-electron chi connectivity index (χ3n) is 2.70. The van der Waals surface area contributed by atoms with Crippen LogP contribution in [0.2, 0.25) is 0 Å². The predicted molar refractivity (Wildman–Crippen MR) is 68.2 cm³/mol. The van der Waals surface area contributed by atoms with E-state index in [0.29, 0.717) is 0 Å². The van der Waals surface area contributed by atoms with E-state index in [1.165, 1.54) is 6.20 Å². The SMILES string of the molecule is CCC(CC)NC(=O)Cn1cc(N)c(=O)[nH]c1=O. The number of carbonyl (C=O) groups excluding carboxylic acids is 1. The number of nitrogen functional groups attached to an aromatic ring is 1. The highest BCUT2D eigenvalue weighted by molar-refractivity contribution is 5.76. The molecule has 7 nitrogen and oxygen atoms in total. The largest absolute Gasteiger partial charge is 0.393 e. The number of carbonyl (C=O) groups is 1. The Morgan fingerprint density at radius 3 is 2.61 bits per heavy atom. The van der Waals surface area contributed by atoms with E-state index in [4.69, 9.17) is 5.73 Å². The molecule has 0 radical (unpaired) electrons. The number of hydrogen-bond donors (Lipinski definition) is 3. The summed E-state index contributed by atoms with van der Waals surface area (Å²) in [5, 5.41) is 2.79. The number of H-pyrrole nitrogens is 1. The first-order chi connectivity index (χ1) is 8.47. The molecule has 0 atom stereocenters. The Kier molecular flexibility index (Phi) is 4.70. The van der Waals surface area contributed by atoms with Crippen molar-refractivity contribution in [2.45, 2.75) is 39.3 Å². The minimum Gasteiger partial charge on any atom is -0.393 e. The average Bonchev–Trinajstić information content (AvgIpc) is 2.33. The van der Waals surface area contributed by atoms with E-state index in [2.05, 4.69) is 5.32 Å². The van der Waals surface area contributed by atoms with Crippen molar-refractivity contribution in [3.05, 3.63) is 27.0 Å². The summed E-state index contributed by atoms with van der Waals surface area (Å²) in [6.07, 6.45) is 2.82. The molecule has 0 aromatic carbocycles. The van der Waals surface area contributed by atoms with Gasteiger partial charge < -0.3 is 11.1 Å². The first-order valence-corrected chi connectivity index (χ1v) is 5.86. The van der Waals surface area contributed by atoms with Crippen molar-refractivity contribution < 1.29 is 4.79 Å². The molecule has 100 valence electrons. The van der Waals surface area contributed by atoms with Gasteiger partial charge in [0.05, 0.1) is 0 Å². The number of rotatable bonds is 5. The lowest BCUT2D eigenvalue weighted by molar-refractivity contribution is -0.122. The molecular weight excluding hydrogens is 236 g/mol. The van der Waals surface area contributed by atoms with Crippen LogP contribution in [0, 0.1) is 0 Å². The van der Waals surface area contributed by atoms with Gasteiger partial charge in [-0.3, -0.25) is 19.1 Å². The molecule has 0 aliphatic carbocycles. The first-order valence-electron chi connectivity index (χ1n) is 5.86. The van der Waals surface area contributed by atoms with Crippen LogP contribution in [-0.2, 0) is 11.3 Å². The van der Waals surface area contributed by atoms with Crippen LogP contribution >= 0.6 is 0 Å². The molecule has 1 aromatic heterocycles. The quantitative estimate of drug-likeness (QED) is 0.653. The van der Waals surface area contributed by atoms with Gasteiger partial charge in [-0.15, -0.1) is 0 Å². The van der Waals surface area contributed by atoms with Crippen molar-refractivity contribution in [3.63, 3.8) is 0 Å². The summed E-state index contributed by atoms with van der Waals surface area (Å²) in [6, 6.07) is 0.0910. The van der Waals surface area contributed by atoms with Crippen LogP contribution in [0.15, 0.2) is 15.8 Å². The van der Waals surface area contributed by atoms with Crippen molar-refractivity contribution >= 4 is 11.6 Å². The molecule has 0 fully saturated rings. The topological polar surface area (TPSA) is 110 Å². The molecule has 0 aliphatic rings. The van der Waals surface area contributed by atoms with Crippen LogP contribution in [0.1, 0.15) is 26.7 Å². The maximum Gasteiger partial charge on any atom is 0.328 e. The number of nitrogens with one attached hydrogen (secondary N) is 2. The fraction of sp³-hybridized carbons (Fsp3) is 0.545. The number of hydrogen-bond acceptors (Lipinski definition) is 4. The van der Waals surface area contributed by atoms with Crippen LogP contribution in [0.4, 0.5) is 5.69 Å². The second-order valence-electron chi connectivity index (χ2n) is 4.05. The van der Waals surface area contributed by atoms with Crippen molar-refractivity contribution in [2.24, 2.45) is 0 Å². The Morgan fingerprint density at radius 2 is 2.06 bits per heavy atom. The van der Waals surface area contributed by atoms with Crippen molar-refractivity contribution in [1.29, 1.82) is 0 Å². The molecule has 0 saturated heterocycles. The van der Waals surface area contributed by atoms with Gasteiger partial charge in [0, 0.05) is 12.2 Å². The highest BCUT2D eigenvalue weighted by atomic mass is 16.2. The van der Waals surface area contributed by atoms with Gasteiger partial charge in [0.1, 0.15) is 12.2 Å². The molecule has 4 N–H and O–H groups in total.